The van der Waals surface area contributed by atoms with Gasteiger partial charge in [0, 0.05) is 18.5 Å². The van der Waals surface area contributed by atoms with Gasteiger partial charge >= 0.3 is 0 Å². The Labute approximate surface area is 116 Å². The van der Waals surface area contributed by atoms with Crippen LogP contribution in [0.1, 0.15) is 22.2 Å². The molecule has 0 fully saturated rings. The first-order valence-electron chi connectivity index (χ1n) is 6.11. The number of hydrogen-bond acceptors (Lipinski definition) is 5. The van der Waals surface area contributed by atoms with Crippen LogP contribution in [0.2, 0.25) is 0 Å². The van der Waals surface area contributed by atoms with Crippen LogP contribution in [0, 0.1) is 6.92 Å². The Morgan fingerprint density at radius 1 is 1.58 bits per heavy atom. The van der Waals surface area contributed by atoms with Gasteiger partial charge in [-0.25, -0.2) is 4.68 Å². The van der Waals surface area contributed by atoms with Crippen LogP contribution in [0.15, 0.2) is 17.5 Å². The van der Waals surface area contributed by atoms with Crippen molar-refractivity contribution in [3.8, 4) is 5.88 Å². The molecular weight excluding hydrogens is 262 g/mol. The van der Waals surface area contributed by atoms with Crippen molar-refractivity contribution in [3.05, 3.63) is 33.6 Å². The van der Waals surface area contributed by atoms with E-state index in [9.17, 15) is 5.11 Å². The number of thiophene rings is 1. The molecule has 0 aliphatic heterocycles. The summed E-state index contributed by atoms with van der Waals surface area (Å²) in [6.07, 6.45) is 0. The fraction of sp³-hybridized carbons (Fsp3) is 0.462. The van der Waals surface area contributed by atoms with Gasteiger partial charge in [0.2, 0.25) is 5.88 Å². The van der Waals surface area contributed by atoms with E-state index in [1.54, 1.807) is 23.1 Å². The summed E-state index contributed by atoms with van der Waals surface area (Å²) in [5, 5.41) is 19.3. The second-order valence-electron chi connectivity index (χ2n) is 4.33. The highest BCUT2D eigenvalue weighted by atomic mass is 32.1. The fourth-order valence-electron chi connectivity index (χ4n) is 2.19. The number of aliphatic hydroxyl groups excluding tert-OH is 1. The average molecular weight is 281 g/mol. The van der Waals surface area contributed by atoms with Gasteiger partial charge in [-0.2, -0.15) is 5.10 Å². The van der Waals surface area contributed by atoms with Crippen molar-refractivity contribution in [1.29, 1.82) is 0 Å². The molecule has 0 saturated heterocycles. The molecular formula is C13H19N3O2S. The van der Waals surface area contributed by atoms with Gasteiger partial charge in [-0.3, -0.25) is 0 Å². The van der Waals surface area contributed by atoms with E-state index in [2.05, 4.69) is 16.5 Å². The summed E-state index contributed by atoms with van der Waals surface area (Å²) in [4.78, 5) is 1.24. The largest absolute Gasteiger partial charge is 0.481 e. The maximum Gasteiger partial charge on any atom is 0.216 e. The van der Waals surface area contributed by atoms with Crippen molar-refractivity contribution in [2.75, 3.05) is 13.7 Å². The third-order valence-corrected chi connectivity index (χ3v) is 3.92. The molecule has 1 unspecified atom stereocenters. The Bertz CT molecular complexity index is 522. The lowest BCUT2D eigenvalue weighted by Gasteiger charge is -2.17. The minimum Gasteiger partial charge on any atom is -0.481 e. The number of nitrogens with one attached hydrogen (secondary N) is 1. The summed E-state index contributed by atoms with van der Waals surface area (Å²) < 4.78 is 7.06. The lowest BCUT2D eigenvalue weighted by Crippen LogP contribution is -2.24. The molecule has 0 saturated carbocycles. The second kappa shape index (κ2) is 6.18. The van der Waals surface area contributed by atoms with E-state index >= 15 is 0 Å². The summed E-state index contributed by atoms with van der Waals surface area (Å²) in [7, 11) is 3.46. The second-order valence-corrected chi connectivity index (χ2v) is 5.36. The van der Waals surface area contributed by atoms with Crippen molar-refractivity contribution in [3.63, 3.8) is 0 Å². The lowest BCUT2D eigenvalue weighted by atomic mass is 10.1. The van der Waals surface area contributed by atoms with E-state index in [1.165, 1.54) is 4.88 Å². The summed E-state index contributed by atoms with van der Waals surface area (Å²) in [6.45, 7) is 2.65. The van der Waals surface area contributed by atoms with Crippen LogP contribution < -0.4 is 10.1 Å². The predicted octanol–water partition coefficient (Wildman–Crippen LogP) is 1.62. The molecule has 2 heterocycles. The summed E-state index contributed by atoms with van der Waals surface area (Å²) in [6, 6.07) is 3.91. The molecule has 0 aliphatic carbocycles. The van der Waals surface area contributed by atoms with E-state index in [4.69, 9.17) is 4.74 Å². The molecule has 6 heteroatoms. The number of rotatable bonds is 6. The molecule has 0 radical (unpaired) electrons. The number of hydrogen-bond donors (Lipinski definition) is 2. The normalized spacial score (nSPS) is 12.6. The molecule has 5 nitrogen and oxygen atoms in total. The van der Waals surface area contributed by atoms with Crippen molar-refractivity contribution >= 4 is 11.3 Å². The van der Waals surface area contributed by atoms with Crippen LogP contribution in [-0.4, -0.2) is 28.6 Å². The summed E-state index contributed by atoms with van der Waals surface area (Å²) in [5.74, 6) is 0.690. The van der Waals surface area contributed by atoms with Gasteiger partial charge in [0.25, 0.3) is 0 Å². The highest BCUT2D eigenvalue weighted by Crippen LogP contribution is 2.28. The molecule has 19 heavy (non-hydrogen) atoms. The molecule has 2 N–H and O–H groups in total. The Morgan fingerprint density at radius 2 is 2.37 bits per heavy atom. The Kier molecular flexibility index (Phi) is 4.57. The maximum absolute atomic E-state index is 9.61. The minimum absolute atomic E-state index is 0.00820. The zero-order valence-electron chi connectivity index (χ0n) is 11.4. The van der Waals surface area contributed by atoms with E-state index in [0.29, 0.717) is 5.88 Å². The van der Waals surface area contributed by atoms with Crippen LogP contribution >= 0.6 is 11.3 Å². The van der Waals surface area contributed by atoms with E-state index in [-0.39, 0.29) is 12.6 Å². The van der Waals surface area contributed by atoms with Crippen molar-refractivity contribution < 1.29 is 9.84 Å². The van der Waals surface area contributed by atoms with Crippen LogP contribution in [0.25, 0.3) is 0 Å². The van der Waals surface area contributed by atoms with Crippen molar-refractivity contribution in [2.24, 2.45) is 7.05 Å². The fourth-order valence-corrected chi connectivity index (χ4v) is 2.85. The number of aliphatic hydroxyl groups is 1. The molecule has 0 spiro atoms. The smallest absolute Gasteiger partial charge is 0.216 e. The van der Waals surface area contributed by atoms with Gasteiger partial charge in [0.15, 0.2) is 0 Å². The molecule has 0 amide bonds. The van der Waals surface area contributed by atoms with E-state index in [0.717, 1.165) is 17.8 Å². The Morgan fingerprint density at radius 3 is 2.95 bits per heavy atom. The van der Waals surface area contributed by atoms with Gasteiger partial charge in [0.1, 0.15) is 0 Å². The number of nitrogens with zero attached hydrogens (tertiary/aromatic N) is 2. The monoisotopic (exact) mass is 281 g/mol. The SMILES string of the molecule is COc1c(C(CO)NCc2cccs2)c(C)nn1C. The number of aryl methyl sites for hydroxylation is 2. The van der Waals surface area contributed by atoms with Gasteiger partial charge in [0.05, 0.1) is 31.0 Å². The molecule has 2 aromatic rings. The third-order valence-electron chi connectivity index (χ3n) is 3.04. The van der Waals surface area contributed by atoms with Gasteiger partial charge < -0.3 is 15.2 Å². The first kappa shape index (κ1) is 14.0. The Hall–Kier alpha value is -1.37. The number of aromatic nitrogens is 2. The average Bonchev–Trinajstić information content (AvgIpc) is 2.99. The topological polar surface area (TPSA) is 59.3 Å². The molecule has 1 atom stereocenters. The van der Waals surface area contributed by atoms with Crippen molar-refractivity contribution in [2.45, 2.75) is 19.5 Å². The predicted molar refractivity (Wildman–Crippen MR) is 75.5 cm³/mol. The van der Waals surface area contributed by atoms with E-state index in [1.807, 2.05) is 25.4 Å². The molecule has 0 aliphatic rings. The third kappa shape index (κ3) is 2.97. The standard InChI is InChI=1S/C13H19N3O2S/c1-9-12(13(18-3)16(2)15-9)11(8-17)14-7-10-5-4-6-19-10/h4-6,11,14,17H,7-8H2,1-3H3. The maximum atomic E-state index is 9.61. The first-order valence-corrected chi connectivity index (χ1v) is 6.99. The molecule has 2 rings (SSSR count). The molecule has 104 valence electrons. The Balaban J connectivity index is 2.17. The first-order chi connectivity index (χ1) is 9.17. The van der Waals surface area contributed by atoms with Gasteiger partial charge in [-0.15, -0.1) is 11.3 Å². The summed E-state index contributed by atoms with van der Waals surface area (Å²) >= 11 is 1.69. The molecule has 0 aromatic carbocycles. The summed E-state index contributed by atoms with van der Waals surface area (Å²) in [5.41, 5.74) is 1.79. The highest BCUT2D eigenvalue weighted by Gasteiger charge is 2.22. The lowest BCUT2D eigenvalue weighted by molar-refractivity contribution is 0.239. The highest BCUT2D eigenvalue weighted by molar-refractivity contribution is 7.09. The van der Waals surface area contributed by atoms with Crippen LogP contribution in [0.3, 0.4) is 0 Å². The molecule has 2 aromatic heterocycles. The number of ether oxygens (including phenoxy) is 1. The van der Waals surface area contributed by atoms with Crippen LogP contribution in [0.5, 0.6) is 5.88 Å². The zero-order valence-corrected chi connectivity index (χ0v) is 12.2. The van der Waals surface area contributed by atoms with Crippen LogP contribution in [-0.2, 0) is 13.6 Å². The number of methoxy groups -OCH3 is 1. The quantitative estimate of drug-likeness (QED) is 0.845. The van der Waals surface area contributed by atoms with Gasteiger partial charge in [-0.05, 0) is 18.4 Å². The zero-order chi connectivity index (χ0) is 13.8. The minimum atomic E-state index is -0.175. The van der Waals surface area contributed by atoms with Crippen LogP contribution in [0.4, 0.5) is 0 Å². The van der Waals surface area contributed by atoms with E-state index < -0.39 is 0 Å². The van der Waals surface area contributed by atoms with Crippen molar-refractivity contribution in [1.82, 2.24) is 15.1 Å². The molecule has 0 bridgehead atoms. The van der Waals surface area contributed by atoms with Gasteiger partial charge in [-0.1, -0.05) is 6.07 Å².